The van der Waals surface area contributed by atoms with Crippen LogP contribution in [0, 0.1) is 0 Å². The molecule has 7 nitrogen and oxygen atoms in total. The molecule has 3 rings (SSSR count). The van der Waals surface area contributed by atoms with Crippen molar-refractivity contribution in [2.75, 3.05) is 10.6 Å². The molecule has 0 fully saturated rings. The van der Waals surface area contributed by atoms with Crippen molar-refractivity contribution in [3.8, 4) is 0 Å². The van der Waals surface area contributed by atoms with Gasteiger partial charge in [0.05, 0.1) is 17.7 Å². The van der Waals surface area contributed by atoms with Crippen molar-refractivity contribution in [2.45, 2.75) is 38.4 Å². The number of aryl methyl sites for hydroxylation is 1. The fourth-order valence-electron chi connectivity index (χ4n) is 2.70. The van der Waals surface area contributed by atoms with E-state index in [9.17, 15) is 22.8 Å². The van der Waals surface area contributed by atoms with Crippen LogP contribution in [-0.2, 0) is 22.2 Å². The van der Waals surface area contributed by atoms with Crippen LogP contribution in [0.2, 0.25) is 0 Å². The summed E-state index contributed by atoms with van der Waals surface area (Å²) < 4.78 is 40.5. The van der Waals surface area contributed by atoms with Gasteiger partial charge in [-0.25, -0.2) is 4.68 Å². The van der Waals surface area contributed by atoms with E-state index in [1.54, 1.807) is 0 Å². The van der Waals surface area contributed by atoms with Gasteiger partial charge < -0.3 is 5.32 Å². The number of fused-ring (bicyclic) bond motifs is 1. The third-order valence-corrected chi connectivity index (χ3v) is 3.87. The molecule has 0 saturated heterocycles. The molecule has 26 heavy (non-hydrogen) atoms. The lowest BCUT2D eigenvalue weighted by Gasteiger charge is -2.23. The molecule has 2 amide bonds. The molecule has 0 unspecified atom stereocenters. The first kappa shape index (κ1) is 17.9. The van der Waals surface area contributed by atoms with Crippen LogP contribution in [0.4, 0.5) is 24.8 Å². The number of para-hydroxylation sites is 1. The first-order valence-electron chi connectivity index (χ1n) is 8.02. The molecule has 10 heteroatoms. The highest BCUT2D eigenvalue weighted by Gasteiger charge is 2.36. The average Bonchev–Trinajstić information content (AvgIpc) is 2.96. The number of hydrogen-bond donors (Lipinski definition) is 2. The van der Waals surface area contributed by atoms with Crippen LogP contribution in [0.25, 0.3) is 0 Å². The van der Waals surface area contributed by atoms with Crippen molar-refractivity contribution in [2.24, 2.45) is 0 Å². The SMILES string of the molecule is CCCc1nc2n(n1)[C@H](C(=O)Nc1ccccc1C(F)(F)F)CC(=O)N2. The Labute approximate surface area is 146 Å². The third-order valence-electron chi connectivity index (χ3n) is 3.87. The lowest BCUT2D eigenvalue weighted by Crippen LogP contribution is -2.36. The first-order chi connectivity index (χ1) is 12.3. The molecule has 1 atom stereocenters. The van der Waals surface area contributed by atoms with Gasteiger partial charge in [-0.15, -0.1) is 0 Å². The molecule has 0 aliphatic carbocycles. The Bertz CT molecular complexity index is 847. The molecule has 0 radical (unpaired) electrons. The van der Waals surface area contributed by atoms with E-state index in [0.717, 1.165) is 18.6 Å². The monoisotopic (exact) mass is 367 g/mol. The maximum Gasteiger partial charge on any atom is 0.418 e. The zero-order valence-electron chi connectivity index (χ0n) is 13.8. The van der Waals surface area contributed by atoms with E-state index < -0.39 is 29.6 Å². The number of rotatable bonds is 4. The normalized spacial score (nSPS) is 16.8. The molecular weight excluding hydrogens is 351 g/mol. The maximum absolute atomic E-state index is 13.1. The Hall–Kier alpha value is -2.91. The fraction of sp³-hybridized carbons (Fsp3) is 0.375. The second-order valence-electron chi connectivity index (χ2n) is 5.85. The molecule has 1 aromatic heterocycles. The van der Waals surface area contributed by atoms with Crippen molar-refractivity contribution in [1.82, 2.24) is 14.8 Å². The quantitative estimate of drug-likeness (QED) is 0.870. The van der Waals surface area contributed by atoms with Gasteiger partial charge in [0.2, 0.25) is 17.8 Å². The first-order valence-corrected chi connectivity index (χ1v) is 8.02. The summed E-state index contributed by atoms with van der Waals surface area (Å²) in [6.07, 6.45) is -3.52. The van der Waals surface area contributed by atoms with Crippen LogP contribution in [0.15, 0.2) is 24.3 Å². The lowest BCUT2D eigenvalue weighted by molar-refractivity contribution is -0.137. The summed E-state index contributed by atoms with van der Waals surface area (Å²) in [5.74, 6) is -0.630. The predicted molar refractivity (Wildman–Crippen MR) is 86.4 cm³/mol. The van der Waals surface area contributed by atoms with Crippen LogP contribution in [0.3, 0.4) is 0 Å². The van der Waals surface area contributed by atoms with Gasteiger partial charge >= 0.3 is 6.18 Å². The second-order valence-corrected chi connectivity index (χ2v) is 5.85. The minimum atomic E-state index is -4.61. The molecule has 1 aliphatic heterocycles. The largest absolute Gasteiger partial charge is 0.418 e. The number of nitrogens with one attached hydrogen (secondary N) is 2. The minimum Gasteiger partial charge on any atom is -0.324 e. The van der Waals surface area contributed by atoms with Crippen LogP contribution < -0.4 is 10.6 Å². The minimum absolute atomic E-state index is 0.119. The van der Waals surface area contributed by atoms with Crippen molar-refractivity contribution in [1.29, 1.82) is 0 Å². The summed E-state index contributed by atoms with van der Waals surface area (Å²) in [5.41, 5.74) is -1.33. The number of benzene rings is 1. The highest BCUT2D eigenvalue weighted by atomic mass is 19.4. The van der Waals surface area contributed by atoms with Crippen molar-refractivity contribution < 1.29 is 22.8 Å². The molecule has 1 aromatic carbocycles. The van der Waals surface area contributed by atoms with Crippen molar-refractivity contribution in [3.63, 3.8) is 0 Å². The number of hydrogen-bond acceptors (Lipinski definition) is 4. The Morgan fingerprint density at radius 1 is 1.38 bits per heavy atom. The number of amides is 2. The van der Waals surface area contributed by atoms with E-state index >= 15 is 0 Å². The molecule has 2 N–H and O–H groups in total. The Morgan fingerprint density at radius 2 is 2.12 bits per heavy atom. The van der Waals surface area contributed by atoms with Gasteiger partial charge in [0, 0.05) is 6.42 Å². The molecule has 0 bridgehead atoms. The molecular formula is C16H16F3N5O2. The van der Waals surface area contributed by atoms with Crippen LogP contribution in [0.1, 0.15) is 37.2 Å². The smallest absolute Gasteiger partial charge is 0.324 e. The van der Waals surface area contributed by atoms with Gasteiger partial charge in [-0.05, 0) is 18.6 Å². The molecule has 0 saturated carbocycles. The number of carbonyl (C=O) groups excluding carboxylic acids is 2. The number of anilines is 2. The summed E-state index contributed by atoms with van der Waals surface area (Å²) in [6, 6.07) is 3.59. The van der Waals surface area contributed by atoms with E-state index in [4.69, 9.17) is 0 Å². The average molecular weight is 367 g/mol. The lowest BCUT2D eigenvalue weighted by atomic mass is 10.1. The van der Waals surface area contributed by atoms with Crippen molar-refractivity contribution >= 4 is 23.5 Å². The van der Waals surface area contributed by atoms with E-state index in [1.165, 1.54) is 16.8 Å². The molecule has 2 heterocycles. The third kappa shape index (κ3) is 3.53. The topological polar surface area (TPSA) is 88.9 Å². The summed E-state index contributed by atoms with van der Waals surface area (Å²) >= 11 is 0. The summed E-state index contributed by atoms with van der Waals surface area (Å²) in [4.78, 5) is 28.6. The van der Waals surface area contributed by atoms with Gasteiger partial charge in [0.15, 0.2) is 5.82 Å². The number of aromatic nitrogens is 3. The molecule has 2 aromatic rings. The van der Waals surface area contributed by atoms with Gasteiger partial charge in [-0.2, -0.15) is 23.3 Å². The Balaban J connectivity index is 1.89. The van der Waals surface area contributed by atoms with Crippen LogP contribution in [-0.4, -0.2) is 26.6 Å². The Morgan fingerprint density at radius 3 is 2.81 bits per heavy atom. The van der Waals surface area contributed by atoms with E-state index in [-0.39, 0.29) is 18.1 Å². The van der Waals surface area contributed by atoms with Crippen LogP contribution >= 0.6 is 0 Å². The zero-order valence-corrected chi connectivity index (χ0v) is 13.8. The maximum atomic E-state index is 13.1. The molecule has 1 aliphatic rings. The fourth-order valence-corrected chi connectivity index (χ4v) is 2.70. The number of nitrogens with zero attached hydrogens (tertiary/aromatic N) is 3. The zero-order chi connectivity index (χ0) is 18.9. The standard InChI is InChI=1S/C16H16F3N5O2/c1-2-5-12-21-15-22-13(25)8-11(24(15)23-12)14(26)20-10-7-4-3-6-9(10)16(17,18)19/h3-4,6-7,11H,2,5,8H2,1H3,(H,20,26)(H,21,22,23,25)/t11-/m0/s1. The second kappa shape index (κ2) is 6.77. The highest BCUT2D eigenvalue weighted by Crippen LogP contribution is 2.35. The van der Waals surface area contributed by atoms with E-state index in [2.05, 4.69) is 20.7 Å². The molecule has 0 spiro atoms. The van der Waals surface area contributed by atoms with Gasteiger partial charge in [0.1, 0.15) is 6.04 Å². The number of halogens is 3. The predicted octanol–water partition coefficient (Wildman–Crippen LogP) is 2.77. The van der Waals surface area contributed by atoms with Crippen molar-refractivity contribution in [3.05, 3.63) is 35.7 Å². The van der Waals surface area contributed by atoms with E-state index in [1.807, 2.05) is 6.92 Å². The summed E-state index contributed by atoms with van der Waals surface area (Å²) in [7, 11) is 0. The van der Waals surface area contributed by atoms with Gasteiger partial charge in [-0.3, -0.25) is 14.9 Å². The summed E-state index contributed by atoms with van der Waals surface area (Å²) in [6.45, 7) is 1.93. The number of carbonyl (C=O) groups is 2. The number of alkyl halides is 3. The Kier molecular flexibility index (Phi) is 4.66. The highest BCUT2D eigenvalue weighted by molar-refractivity contribution is 6.01. The van der Waals surface area contributed by atoms with E-state index in [0.29, 0.717) is 12.2 Å². The van der Waals surface area contributed by atoms with Gasteiger partial charge in [0.25, 0.3) is 0 Å². The van der Waals surface area contributed by atoms with Gasteiger partial charge in [-0.1, -0.05) is 19.1 Å². The summed E-state index contributed by atoms with van der Waals surface area (Å²) in [5, 5.41) is 8.97. The van der Waals surface area contributed by atoms with Crippen LogP contribution in [0.5, 0.6) is 0 Å². The molecule has 138 valence electrons.